The van der Waals surface area contributed by atoms with Crippen LogP contribution < -0.4 is 0 Å². The molecule has 1 N–H and O–H groups in total. The minimum absolute atomic E-state index is 0.00966. The van der Waals surface area contributed by atoms with Gasteiger partial charge in [-0.05, 0) is 69.3 Å². The molecule has 0 spiro atoms. The van der Waals surface area contributed by atoms with Crippen LogP contribution in [0.15, 0.2) is 23.4 Å². The summed E-state index contributed by atoms with van der Waals surface area (Å²) in [6, 6.07) is 3.58. The number of benzene rings is 1. The number of carbonyl (C=O) groups excluding carboxylic acids is 3. The van der Waals surface area contributed by atoms with Crippen LogP contribution in [0.25, 0.3) is 0 Å². The lowest BCUT2D eigenvalue weighted by atomic mass is 9.83. The van der Waals surface area contributed by atoms with Crippen LogP contribution in [0.4, 0.5) is 0 Å². The Morgan fingerprint density at radius 2 is 1.73 bits per heavy atom. The fourth-order valence-electron chi connectivity index (χ4n) is 5.77. The third-order valence-electron chi connectivity index (χ3n) is 7.85. The number of cyclic esters (lactones) is 2. The summed E-state index contributed by atoms with van der Waals surface area (Å²) >= 11 is 0. The first-order chi connectivity index (χ1) is 15.8. The molecule has 33 heavy (non-hydrogen) atoms. The predicted molar refractivity (Wildman–Crippen MR) is 118 cm³/mol. The van der Waals surface area contributed by atoms with Crippen LogP contribution in [-0.2, 0) is 25.7 Å². The monoisotopic (exact) mass is 454 g/mol. The van der Waals surface area contributed by atoms with E-state index < -0.39 is 6.10 Å². The quantitative estimate of drug-likeness (QED) is 0.681. The van der Waals surface area contributed by atoms with E-state index in [4.69, 9.17) is 9.47 Å². The largest absolute Gasteiger partial charge is 0.457 e. The lowest BCUT2D eigenvalue weighted by Crippen LogP contribution is -2.40. The number of rotatable bonds is 5. The summed E-state index contributed by atoms with van der Waals surface area (Å²) in [5.74, 6) is -0.198. The van der Waals surface area contributed by atoms with Crippen LogP contribution in [0.5, 0.6) is 0 Å². The number of hydrogen-bond donors (Lipinski definition) is 1. The number of esters is 2. The fraction of sp³-hybridized carbons (Fsp3) is 0.560. The summed E-state index contributed by atoms with van der Waals surface area (Å²) in [7, 11) is 0. The molecule has 4 aliphatic rings. The molecule has 2 saturated heterocycles. The normalized spacial score (nSPS) is 25.0. The number of aliphatic hydroxyl groups is 1. The van der Waals surface area contributed by atoms with Gasteiger partial charge in [0.05, 0.1) is 22.9 Å². The van der Waals surface area contributed by atoms with Gasteiger partial charge < -0.3 is 24.4 Å². The predicted octanol–water partition coefficient (Wildman–Crippen LogP) is 2.09. The van der Waals surface area contributed by atoms with Crippen molar-refractivity contribution in [3.8, 4) is 0 Å². The number of ether oxygens (including phenoxy) is 2. The summed E-state index contributed by atoms with van der Waals surface area (Å²) in [4.78, 5) is 40.5. The summed E-state index contributed by atoms with van der Waals surface area (Å²) < 4.78 is 10.2. The van der Waals surface area contributed by atoms with E-state index >= 15 is 0 Å². The molecule has 8 heteroatoms. The molecule has 2 atom stereocenters. The topological polar surface area (TPSA) is 96.4 Å². The number of β-amino-alcohol motifs (C(OH)–C–C–N with tert-alkyl or cyclic N) is 1. The van der Waals surface area contributed by atoms with Crippen LogP contribution in [0, 0.1) is 18.8 Å². The molecule has 5 rings (SSSR count). The number of amides is 1. The number of carbonyl (C=O) groups is 3. The van der Waals surface area contributed by atoms with Gasteiger partial charge in [-0.3, -0.25) is 4.79 Å². The van der Waals surface area contributed by atoms with Crippen LogP contribution in [0.3, 0.4) is 0 Å². The number of hydrogen-bond acceptors (Lipinski definition) is 7. The number of nitrogens with zero attached hydrogens (tertiary/aromatic N) is 2. The zero-order valence-electron chi connectivity index (χ0n) is 19.1. The van der Waals surface area contributed by atoms with Gasteiger partial charge in [-0.25, -0.2) is 9.59 Å². The maximum absolute atomic E-state index is 13.1. The second-order valence-corrected chi connectivity index (χ2v) is 9.57. The van der Waals surface area contributed by atoms with Crippen LogP contribution >= 0.6 is 0 Å². The third kappa shape index (κ3) is 3.85. The van der Waals surface area contributed by atoms with Gasteiger partial charge in [-0.15, -0.1) is 0 Å². The molecule has 0 radical (unpaired) electrons. The van der Waals surface area contributed by atoms with Crippen molar-refractivity contribution in [3.05, 3.63) is 45.7 Å². The number of aliphatic hydroxyl groups excluding tert-OH is 1. The maximum Gasteiger partial charge on any atom is 0.338 e. The fourth-order valence-corrected chi connectivity index (χ4v) is 5.77. The first-order valence-corrected chi connectivity index (χ1v) is 11.7. The summed E-state index contributed by atoms with van der Waals surface area (Å²) in [5, 5.41) is 10.9. The highest BCUT2D eigenvalue weighted by atomic mass is 16.5. The van der Waals surface area contributed by atoms with Gasteiger partial charge in [0, 0.05) is 24.6 Å². The van der Waals surface area contributed by atoms with Crippen LogP contribution in [0.2, 0.25) is 0 Å². The maximum atomic E-state index is 13.1. The zero-order valence-corrected chi connectivity index (χ0v) is 19.1. The van der Waals surface area contributed by atoms with E-state index in [1.165, 1.54) is 0 Å². The lowest BCUT2D eigenvalue weighted by molar-refractivity contribution is -0.136. The summed E-state index contributed by atoms with van der Waals surface area (Å²) in [6.45, 7) is 6.97. The van der Waals surface area contributed by atoms with Gasteiger partial charge in [-0.1, -0.05) is 6.07 Å². The Morgan fingerprint density at radius 1 is 1.00 bits per heavy atom. The highest BCUT2D eigenvalue weighted by Crippen LogP contribution is 2.36. The van der Waals surface area contributed by atoms with Gasteiger partial charge in [0.25, 0.3) is 0 Å². The lowest BCUT2D eigenvalue weighted by Gasteiger charge is -2.35. The molecule has 1 unspecified atom stereocenters. The molecule has 8 nitrogen and oxygen atoms in total. The van der Waals surface area contributed by atoms with Crippen molar-refractivity contribution in [2.24, 2.45) is 11.8 Å². The smallest absolute Gasteiger partial charge is 0.338 e. The standard InChI is InChI=1S/C25H30N2O6/c1-14-17(3-4-19-20(14)12-32-25(19)31)22(28)11-26-8-5-16(6-9-26)18-7-10-27(23(18)29)21-13-33-24(30)15(21)2/h3-4,16,18,22,28H,5-13H2,1-2H3/t18?,22-/m0/s1. The number of fused-ring (bicyclic) bond motifs is 1. The third-order valence-corrected chi connectivity index (χ3v) is 7.85. The molecule has 0 bridgehead atoms. The number of piperidine rings is 1. The summed E-state index contributed by atoms with van der Waals surface area (Å²) in [6.07, 6.45) is 2.00. The molecule has 1 amide bonds. The minimum atomic E-state index is -0.638. The Kier molecular flexibility index (Phi) is 5.74. The van der Waals surface area contributed by atoms with E-state index in [9.17, 15) is 19.5 Å². The molecule has 1 aromatic carbocycles. The van der Waals surface area contributed by atoms with E-state index in [0.29, 0.717) is 30.1 Å². The molecule has 176 valence electrons. The van der Waals surface area contributed by atoms with Gasteiger partial charge in [0.1, 0.15) is 13.2 Å². The molecule has 0 aliphatic carbocycles. The molecule has 4 heterocycles. The Bertz CT molecular complexity index is 1040. The van der Waals surface area contributed by atoms with Crippen LogP contribution in [0.1, 0.15) is 59.3 Å². The van der Waals surface area contributed by atoms with E-state index in [0.717, 1.165) is 54.7 Å². The van der Waals surface area contributed by atoms with E-state index in [1.807, 2.05) is 13.0 Å². The average Bonchev–Trinajstić information content (AvgIpc) is 3.47. The van der Waals surface area contributed by atoms with Crippen molar-refractivity contribution < 1.29 is 29.0 Å². The molecule has 0 aromatic heterocycles. The second-order valence-electron chi connectivity index (χ2n) is 9.57. The van der Waals surface area contributed by atoms with Crippen molar-refractivity contribution in [2.45, 2.75) is 45.8 Å². The van der Waals surface area contributed by atoms with Gasteiger partial charge in [0.15, 0.2) is 0 Å². The van der Waals surface area contributed by atoms with Gasteiger partial charge in [0.2, 0.25) is 5.91 Å². The molecular formula is C25H30N2O6. The Balaban J connectivity index is 1.17. The van der Waals surface area contributed by atoms with E-state index in [-0.39, 0.29) is 37.0 Å². The van der Waals surface area contributed by atoms with Gasteiger partial charge >= 0.3 is 11.9 Å². The molecule has 4 aliphatic heterocycles. The van der Waals surface area contributed by atoms with E-state index in [2.05, 4.69) is 4.90 Å². The van der Waals surface area contributed by atoms with E-state index in [1.54, 1.807) is 17.9 Å². The molecule has 0 saturated carbocycles. The van der Waals surface area contributed by atoms with Crippen molar-refractivity contribution in [3.63, 3.8) is 0 Å². The average molecular weight is 455 g/mol. The number of likely N-dealkylation sites (tertiary alicyclic amines) is 2. The molecular weight excluding hydrogens is 424 g/mol. The SMILES string of the molecule is CC1=C(N2CCC(C3CCN(C[C@H](O)c4ccc5c(c4C)COC5=O)CC3)C2=O)COC1=O. The van der Waals surface area contributed by atoms with Crippen molar-refractivity contribution in [2.75, 3.05) is 32.8 Å². The van der Waals surface area contributed by atoms with Crippen molar-refractivity contribution >= 4 is 17.8 Å². The van der Waals surface area contributed by atoms with Crippen molar-refractivity contribution in [1.29, 1.82) is 0 Å². The first kappa shape index (κ1) is 22.1. The highest BCUT2D eigenvalue weighted by Gasteiger charge is 2.42. The van der Waals surface area contributed by atoms with Crippen molar-refractivity contribution in [1.82, 2.24) is 9.80 Å². The second kappa shape index (κ2) is 8.57. The Labute approximate surface area is 193 Å². The van der Waals surface area contributed by atoms with Gasteiger partial charge in [-0.2, -0.15) is 0 Å². The van der Waals surface area contributed by atoms with Crippen LogP contribution in [-0.4, -0.2) is 65.5 Å². The minimum Gasteiger partial charge on any atom is -0.457 e. The molecule has 2 fully saturated rings. The first-order valence-electron chi connectivity index (χ1n) is 11.7. The Morgan fingerprint density at radius 3 is 2.42 bits per heavy atom. The zero-order chi connectivity index (χ0) is 23.3. The highest BCUT2D eigenvalue weighted by molar-refractivity contribution is 5.94. The Hall–Kier alpha value is -2.71. The summed E-state index contributed by atoms with van der Waals surface area (Å²) in [5.41, 5.74) is 4.51. The molecule has 1 aromatic rings.